The number of fused-ring (bicyclic) bond motifs is 2. The van der Waals surface area contributed by atoms with Crippen LogP contribution in [0.2, 0.25) is 0 Å². The molecule has 0 unspecified atom stereocenters. The van der Waals surface area contributed by atoms with Crippen molar-refractivity contribution in [3.8, 4) is 23.0 Å². The molecule has 7 nitrogen and oxygen atoms in total. The number of benzene rings is 1. The van der Waals surface area contributed by atoms with Crippen LogP contribution < -0.4 is 0 Å². The number of hydrogen-bond acceptors (Lipinski definition) is 7. The summed E-state index contributed by atoms with van der Waals surface area (Å²) in [7, 11) is 0. The van der Waals surface area contributed by atoms with Gasteiger partial charge < -0.3 is 8.94 Å². The second-order valence-corrected chi connectivity index (χ2v) is 7.43. The minimum Gasteiger partial charge on any atom is -0.415 e. The van der Waals surface area contributed by atoms with Gasteiger partial charge in [-0.2, -0.15) is 0 Å². The van der Waals surface area contributed by atoms with E-state index in [2.05, 4.69) is 25.3 Å². The van der Waals surface area contributed by atoms with Crippen molar-refractivity contribution >= 4 is 22.0 Å². The molecule has 0 saturated heterocycles. The molecule has 0 bridgehead atoms. The van der Waals surface area contributed by atoms with Crippen molar-refractivity contribution in [3.63, 3.8) is 0 Å². The van der Waals surface area contributed by atoms with Gasteiger partial charge in [-0.15, -0.1) is 10.2 Å². The number of rotatable bonds is 3. The van der Waals surface area contributed by atoms with Crippen LogP contribution in [0.3, 0.4) is 0 Å². The summed E-state index contributed by atoms with van der Waals surface area (Å²) in [5, 5.41) is 14.7. The minimum atomic E-state index is 0.382. The second kappa shape index (κ2) is 6.48. The van der Waals surface area contributed by atoms with Crippen LogP contribution in [0.15, 0.2) is 57.6 Å². The lowest BCUT2D eigenvalue weighted by atomic mass is 10.0. The molecule has 0 spiro atoms. The third-order valence-corrected chi connectivity index (χ3v) is 5.59. The molecule has 4 aromatic heterocycles. The Morgan fingerprint density at radius 3 is 2.72 bits per heavy atom. The zero-order valence-corrected chi connectivity index (χ0v) is 15.6. The summed E-state index contributed by atoms with van der Waals surface area (Å²) >= 11 is 0. The molecule has 5 aromatic rings. The molecule has 6 rings (SSSR count). The first-order valence-corrected chi connectivity index (χ1v) is 9.80. The molecule has 0 radical (unpaired) electrons. The van der Waals surface area contributed by atoms with Gasteiger partial charge >= 0.3 is 0 Å². The van der Waals surface area contributed by atoms with Gasteiger partial charge in [0, 0.05) is 17.5 Å². The van der Waals surface area contributed by atoms with Gasteiger partial charge in [0.15, 0.2) is 0 Å². The van der Waals surface area contributed by atoms with Gasteiger partial charge in [0.2, 0.25) is 5.89 Å². The molecule has 0 aliphatic heterocycles. The monoisotopic (exact) mass is 383 g/mol. The summed E-state index contributed by atoms with van der Waals surface area (Å²) in [6.45, 7) is 0. The first-order chi connectivity index (χ1) is 14.3. The van der Waals surface area contributed by atoms with E-state index in [1.807, 2.05) is 42.5 Å². The number of pyridine rings is 2. The standard InChI is InChI=1S/C22H17N5O2/c1-2-7-14(6-1)19-16-11-15(12-23-21(16)29-27-19)20-25-26-22(28-20)18-10-9-13-5-3-4-8-17(13)24-18/h3-5,8-12,14H,1-2,6-7H2. The Bertz CT molecular complexity index is 1330. The number of para-hydroxylation sites is 1. The van der Waals surface area contributed by atoms with E-state index < -0.39 is 0 Å². The molecule has 29 heavy (non-hydrogen) atoms. The average Bonchev–Trinajstić information content (AvgIpc) is 3.53. The fourth-order valence-electron chi connectivity index (χ4n) is 4.09. The van der Waals surface area contributed by atoms with Gasteiger partial charge in [0.25, 0.3) is 11.6 Å². The van der Waals surface area contributed by atoms with Crippen LogP contribution in [-0.4, -0.2) is 25.3 Å². The van der Waals surface area contributed by atoms with E-state index in [0.29, 0.717) is 29.1 Å². The maximum absolute atomic E-state index is 5.92. The highest BCUT2D eigenvalue weighted by Gasteiger charge is 2.24. The molecule has 0 atom stereocenters. The molecular weight excluding hydrogens is 366 g/mol. The van der Waals surface area contributed by atoms with Crippen LogP contribution in [0.4, 0.5) is 0 Å². The highest BCUT2D eigenvalue weighted by molar-refractivity contribution is 5.82. The Hall–Kier alpha value is -3.61. The van der Waals surface area contributed by atoms with Gasteiger partial charge in [-0.3, -0.25) is 0 Å². The normalized spacial score (nSPS) is 14.9. The Labute approximate surface area is 165 Å². The van der Waals surface area contributed by atoms with E-state index in [9.17, 15) is 0 Å². The van der Waals surface area contributed by atoms with E-state index in [0.717, 1.165) is 40.4 Å². The average molecular weight is 383 g/mol. The number of nitrogens with zero attached hydrogens (tertiary/aromatic N) is 5. The summed E-state index contributed by atoms with van der Waals surface area (Å²) < 4.78 is 11.3. The highest BCUT2D eigenvalue weighted by atomic mass is 16.5. The first-order valence-electron chi connectivity index (χ1n) is 9.80. The maximum Gasteiger partial charge on any atom is 0.266 e. The largest absolute Gasteiger partial charge is 0.415 e. The lowest BCUT2D eigenvalue weighted by Gasteiger charge is -2.03. The van der Waals surface area contributed by atoms with E-state index in [1.165, 1.54) is 12.8 Å². The van der Waals surface area contributed by atoms with Crippen LogP contribution in [0.25, 0.3) is 45.0 Å². The third-order valence-electron chi connectivity index (χ3n) is 5.59. The molecule has 4 heterocycles. The lowest BCUT2D eigenvalue weighted by Crippen LogP contribution is -1.93. The Morgan fingerprint density at radius 1 is 0.931 bits per heavy atom. The van der Waals surface area contributed by atoms with Crippen molar-refractivity contribution in [2.75, 3.05) is 0 Å². The molecular formula is C22H17N5O2. The van der Waals surface area contributed by atoms with Gasteiger partial charge in [0.1, 0.15) is 5.69 Å². The second-order valence-electron chi connectivity index (χ2n) is 7.43. The van der Waals surface area contributed by atoms with E-state index in [4.69, 9.17) is 8.94 Å². The molecule has 1 saturated carbocycles. The lowest BCUT2D eigenvalue weighted by molar-refractivity contribution is 0.430. The van der Waals surface area contributed by atoms with Crippen LogP contribution in [0, 0.1) is 0 Å². The topological polar surface area (TPSA) is 90.7 Å². The Balaban J connectivity index is 1.38. The predicted molar refractivity (Wildman–Crippen MR) is 107 cm³/mol. The van der Waals surface area contributed by atoms with E-state index in [-0.39, 0.29) is 0 Å². The molecule has 1 fully saturated rings. The minimum absolute atomic E-state index is 0.382. The van der Waals surface area contributed by atoms with E-state index >= 15 is 0 Å². The fourth-order valence-corrected chi connectivity index (χ4v) is 4.09. The smallest absolute Gasteiger partial charge is 0.266 e. The SMILES string of the molecule is c1ccc2nc(-c3nnc(-c4cnc5onc(C6CCCC6)c5c4)o3)ccc2c1. The van der Waals surface area contributed by atoms with Crippen LogP contribution in [0.1, 0.15) is 37.3 Å². The van der Waals surface area contributed by atoms with Crippen molar-refractivity contribution in [2.45, 2.75) is 31.6 Å². The number of hydrogen-bond donors (Lipinski definition) is 0. The quantitative estimate of drug-likeness (QED) is 0.426. The van der Waals surface area contributed by atoms with Crippen molar-refractivity contribution in [3.05, 3.63) is 54.4 Å². The van der Waals surface area contributed by atoms with Crippen LogP contribution in [-0.2, 0) is 0 Å². The first kappa shape index (κ1) is 16.4. The Kier molecular flexibility index (Phi) is 3.65. The molecule has 142 valence electrons. The predicted octanol–water partition coefficient (Wildman–Crippen LogP) is 5.15. The van der Waals surface area contributed by atoms with Crippen LogP contribution in [0.5, 0.6) is 0 Å². The fraction of sp³-hybridized carbons (Fsp3) is 0.227. The summed E-state index contributed by atoms with van der Waals surface area (Å²) in [4.78, 5) is 9.02. The zero-order chi connectivity index (χ0) is 19.2. The van der Waals surface area contributed by atoms with Crippen molar-refractivity contribution in [2.24, 2.45) is 0 Å². The Morgan fingerprint density at radius 2 is 1.79 bits per heavy atom. The van der Waals surface area contributed by atoms with E-state index in [1.54, 1.807) is 6.20 Å². The van der Waals surface area contributed by atoms with Gasteiger partial charge in [0.05, 0.1) is 22.2 Å². The van der Waals surface area contributed by atoms with Crippen molar-refractivity contribution in [1.29, 1.82) is 0 Å². The van der Waals surface area contributed by atoms with Crippen molar-refractivity contribution in [1.82, 2.24) is 25.3 Å². The number of aromatic nitrogens is 5. The molecule has 7 heteroatoms. The van der Waals surface area contributed by atoms with Crippen molar-refractivity contribution < 1.29 is 8.94 Å². The molecule has 1 aliphatic rings. The molecule has 0 amide bonds. The third kappa shape index (κ3) is 2.77. The maximum atomic E-state index is 5.92. The summed E-state index contributed by atoms with van der Waals surface area (Å²) in [5.74, 6) is 1.23. The van der Waals surface area contributed by atoms with Gasteiger partial charge in [-0.05, 0) is 31.0 Å². The molecule has 1 aliphatic carbocycles. The van der Waals surface area contributed by atoms with Gasteiger partial charge in [-0.1, -0.05) is 42.3 Å². The summed E-state index contributed by atoms with van der Waals surface area (Å²) in [5.41, 5.74) is 3.82. The molecule has 0 N–H and O–H groups in total. The van der Waals surface area contributed by atoms with Gasteiger partial charge in [-0.25, -0.2) is 9.97 Å². The highest BCUT2D eigenvalue weighted by Crippen LogP contribution is 2.37. The summed E-state index contributed by atoms with van der Waals surface area (Å²) in [6.07, 6.45) is 6.43. The molecule has 1 aromatic carbocycles. The summed E-state index contributed by atoms with van der Waals surface area (Å²) in [6, 6.07) is 13.8. The zero-order valence-electron chi connectivity index (χ0n) is 15.6. The van der Waals surface area contributed by atoms with Crippen LogP contribution >= 0.6 is 0 Å².